The van der Waals surface area contributed by atoms with E-state index in [2.05, 4.69) is 4.98 Å². The van der Waals surface area contributed by atoms with Gasteiger partial charge in [0.2, 0.25) is 15.9 Å². The zero-order chi connectivity index (χ0) is 16.4. The van der Waals surface area contributed by atoms with E-state index in [1.54, 1.807) is 22.3 Å². The summed E-state index contributed by atoms with van der Waals surface area (Å²) < 4.78 is 25.9. The van der Waals surface area contributed by atoms with Crippen molar-refractivity contribution in [1.29, 1.82) is 0 Å². The second kappa shape index (κ2) is 6.38. The van der Waals surface area contributed by atoms with Crippen LogP contribution < -0.4 is 0 Å². The molecule has 0 fully saturated rings. The van der Waals surface area contributed by atoms with Crippen molar-refractivity contribution in [1.82, 2.24) is 14.2 Å². The normalized spacial score (nSPS) is 14.8. The van der Waals surface area contributed by atoms with Crippen molar-refractivity contribution in [3.8, 4) is 0 Å². The van der Waals surface area contributed by atoms with Crippen molar-refractivity contribution < 1.29 is 13.2 Å². The highest BCUT2D eigenvalue weighted by atomic mass is 32.2. The van der Waals surface area contributed by atoms with E-state index in [9.17, 15) is 13.2 Å². The first-order valence-electron chi connectivity index (χ1n) is 7.18. The predicted molar refractivity (Wildman–Crippen MR) is 87.5 cm³/mol. The molecule has 1 aliphatic heterocycles. The van der Waals surface area contributed by atoms with Crippen LogP contribution in [0.15, 0.2) is 40.9 Å². The van der Waals surface area contributed by atoms with Crippen LogP contribution in [0.25, 0.3) is 0 Å². The summed E-state index contributed by atoms with van der Waals surface area (Å²) in [5.74, 6) is -0.184. The van der Waals surface area contributed by atoms with E-state index in [4.69, 9.17) is 0 Å². The fourth-order valence-corrected chi connectivity index (χ4v) is 4.49. The van der Waals surface area contributed by atoms with Gasteiger partial charge in [0.25, 0.3) is 0 Å². The highest BCUT2D eigenvalue weighted by Crippen LogP contribution is 2.24. The Bertz CT molecular complexity index is 802. The van der Waals surface area contributed by atoms with Gasteiger partial charge in [0.15, 0.2) is 0 Å². The van der Waals surface area contributed by atoms with Gasteiger partial charge in [-0.05, 0) is 35.6 Å². The lowest BCUT2D eigenvalue weighted by Crippen LogP contribution is -2.43. The number of likely N-dealkylation sites (N-methyl/N-ethyl adjacent to an activating group) is 1. The van der Waals surface area contributed by atoms with E-state index in [-0.39, 0.29) is 17.3 Å². The maximum atomic E-state index is 12.4. The number of rotatable bonds is 4. The lowest BCUT2D eigenvalue weighted by atomic mass is 10.1. The van der Waals surface area contributed by atoms with E-state index in [1.807, 2.05) is 11.4 Å². The molecule has 0 aliphatic carbocycles. The van der Waals surface area contributed by atoms with Crippen molar-refractivity contribution >= 4 is 27.3 Å². The summed E-state index contributed by atoms with van der Waals surface area (Å²) in [6, 6.07) is 5.06. The lowest BCUT2D eigenvalue weighted by molar-refractivity contribution is -0.132. The van der Waals surface area contributed by atoms with Gasteiger partial charge >= 0.3 is 0 Å². The molecule has 0 spiro atoms. The minimum Gasteiger partial charge on any atom is -0.337 e. The van der Waals surface area contributed by atoms with Crippen LogP contribution in [0.4, 0.5) is 0 Å². The molecule has 0 saturated heterocycles. The zero-order valence-corrected chi connectivity index (χ0v) is 14.3. The molecule has 23 heavy (non-hydrogen) atoms. The summed E-state index contributed by atoms with van der Waals surface area (Å²) in [5.41, 5.74) is 1.16. The van der Waals surface area contributed by atoms with Crippen molar-refractivity contribution in [3.63, 3.8) is 0 Å². The monoisotopic (exact) mass is 351 g/mol. The highest BCUT2D eigenvalue weighted by molar-refractivity contribution is 7.89. The first-order valence-corrected chi connectivity index (χ1v) is 9.50. The fraction of sp³-hybridized carbons (Fsp3) is 0.333. The van der Waals surface area contributed by atoms with Crippen LogP contribution in [0, 0.1) is 0 Å². The van der Waals surface area contributed by atoms with Gasteiger partial charge in [-0.25, -0.2) is 8.42 Å². The third-order valence-corrected chi connectivity index (χ3v) is 6.67. The summed E-state index contributed by atoms with van der Waals surface area (Å²) in [5, 5.41) is 2.03. The van der Waals surface area contributed by atoms with Crippen LogP contribution in [0.1, 0.15) is 10.4 Å². The van der Waals surface area contributed by atoms with E-state index >= 15 is 0 Å². The van der Waals surface area contributed by atoms with E-state index < -0.39 is 10.0 Å². The first-order chi connectivity index (χ1) is 11.0. The molecule has 0 atom stereocenters. The van der Waals surface area contributed by atoms with Crippen molar-refractivity contribution in [2.45, 2.75) is 17.9 Å². The molecule has 1 amide bonds. The molecule has 2 aromatic rings. The van der Waals surface area contributed by atoms with Gasteiger partial charge < -0.3 is 4.90 Å². The van der Waals surface area contributed by atoms with E-state index in [1.165, 1.54) is 30.4 Å². The molecule has 122 valence electrons. The number of nitrogens with zero attached hydrogens (tertiary/aromatic N) is 3. The number of thiophene rings is 1. The number of hydrogen-bond acceptors (Lipinski definition) is 5. The fourth-order valence-electron chi connectivity index (χ4n) is 2.52. The summed E-state index contributed by atoms with van der Waals surface area (Å²) in [7, 11) is -2.28. The van der Waals surface area contributed by atoms with E-state index in [0.717, 1.165) is 16.3 Å². The highest BCUT2D eigenvalue weighted by Gasteiger charge is 2.27. The van der Waals surface area contributed by atoms with Crippen molar-refractivity contribution in [2.24, 2.45) is 0 Å². The van der Waals surface area contributed by atoms with Gasteiger partial charge in [0.05, 0.1) is 6.54 Å². The molecule has 6 nitrogen and oxygen atoms in total. The predicted octanol–water partition coefficient (Wildman–Crippen LogP) is 1.35. The number of sulfonamides is 1. The Morgan fingerprint density at radius 2 is 2.26 bits per heavy atom. The second-order valence-electron chi connectivity index (χ2n) is 5.38. The molecular formula is C15H17N3O3S2. The standard InChI is InChI=1S/C15H17N3O3S2/c1-17(23(20,21)13-3-2-6-16-9-13)11-15(19)18-7-4-14-12(10-18)5-8-22-14/h2-3,5-6,8-9H,4,7,10-11H2,1H3. The van der Waals surface area contributed by atoms with Gasteiger partial charge in [-0.1, -0.05) is 0 Å². The summed E-state index contributed by atoms with van der Waals surface area (Å²) in [6.07, 6.45) is 3.63. The third kappa shape index (κ3) is 3.29. The summed E-state index contributed by atoms with van der Waals surface area (Å²) in [6.45, 7) is 1.02. The Labute approximate surface area is 139 Å². The average Bonchev–Trinajstić information content (AvgIpc) is 3.03. The number of pyridine rings is 1. The van der Waals surface area contributed by atoms with Crippen LogP contribution in [0.3, 0.4) is 0 Å². The minimum absolute atomic E-state index is 0.0917. The molecule has 3 heterocycles. The van der Waals surface area contributed by atoms with Crippen molar-refractivity contribution in [2.75, 3.05) is 20.1 Å². The Hall–Kier alpha value is -1.77. The van der Waals surface area contributed by atoms with Crippen LogP contribution in [0.5, 0.6) is 0 Å². The van der Waals surface area contributed by atoms with Gasteiger partial charge in [-0.2, -0.15) is 4.31 Å². The van der Waals surface area contributed by atoms with Gasteiger partial charge in [-0.3, -0.25) is 9.78 Å². The quantitative estimate of drug-likeness (QED) is 0.834. The van der Waals surface area contributed by atoms with Gasteiger partial charge in [-0.15, -0.1) is 11.3 Å². The van der Waals surface area contributed by atoms with Crippen LogP contribution in [0.2, 0.25) is 0 Å². The Balaban J connectivity index is 1.68. The molecule has 0 radical (unpaired) electrons. The Morgan fingerprint density at radius 1 is 1.43 bits per heavy atom. The van der Waals surface area contributed by atoms with Gasteiger partial charge in [0, 0.05) is 37.4 Å². The minimum atomic E-state index is -3.70. The zero-order valence-electron chi connectivity index (χ0n) is 12.7. The molecule has 0 aromatic carbocycles. The molecule has 2 aromatic heterocycles. The molecule has 0 bridgehead atoms. The molecule has 0 saturated carbocycles. The average molecular weight is 351 g/mol. The topological polar surface area (TPSA) is 70.6 Å². The van der Waals surface area contributed by atoms with Crippen LogP contribution in [-0.2, 0) is 27.8 Å². The Morgan fingerprint density at radius 3 is 3.00 bits per heavy atom. The molecule has 3 rings (SSSR count). The number of hydrogen-bond donors (Lipinski definition) is 0. The number of carbonyl (C=O) groups is 1. The number of amides is 1. The van der Waals surface area contributed by atoms with Crippen LogP contribution >= 0.6 is 11.3 Å². The summed E-state index contributed by atoms with van der Waals surface area (Å²) in [4.78, 5) is 19.4. The van der Waals surface area contributed by atoms with E-state index in [0.29, 0.717) is 13.1 Å². The lowest BCUT2D eigenvalue weighted by Gasteiger charge is -2.28. The Kier molecular flexibility index (Phi) is 4.47. The van der Waals surface area contributed by atoms with Crippen molar-refractivity contribution in [3.05, 3.63) is 46.4 Å². The van der Waals surface area contributed by atoms with Crippen LogP contribution in [-0.4, -0.2) is 48.7 Å². The largest absolute Gasteiger partial charge is 0.337 e. The first kappa shape index (κ1) is 16.1. The molecule has 0 N–H and O–H groups in total. The number of aromatic nitrogens is 1. The smallest absolute Gasteiger partial charge is 0.244 e. The maximum Gasteiger partial charge on any atom is 0.244 e. The third-order valence-electron chi connectivity index (χ3n) is 3.86. The molecular weight excluding hydrogens is 334 g/mol. The maximum absolute atomic E-state index is 12.4. The SMILES string of the molecule is CN(CC(=O)N1CCc2sccc2C1)S(=O)(=O)c1cccnc1. The second-order valence-corrected chi connectivity index (χ2v) is 8.43. The number of carbonyl (C=O) groups excluding carboxylic acids is 1. The van der Waals surface area contributed by atoms with Gasteiger partial charge in [0.1, 0.15) is 4.90 Å². The molecule has 8 heteroatoms. The molecule has 1 aliphatic rings. The number of fused-ring (bicyclic) bond motifs is 1. The molecule has 0 unspecified atom stereocenters. The summed E-state index contributed by atoms with van der Waals surface area (Å²) >= 11 is 1.70.